The molecule has 0 saturated heterocycles. The van der Waals surface area contributed by atoms with Crippen LogP contribution < -0.4 is 0 Å². The van der Waals surface area contributed by atoms with Gasteiger partial charge in [0.25, 0.3) is 0 Å². The monoisotopic (exact) mass is 448 g/mol. The van der Waals surface area contributed by atoms with Crippen molar-refractivity contribution < 1.29 is 9.18 Å². The molecule has 0 aliphatic carbocycles. The summed E-state index contributed by atoms with van der Waals surface area (Å²) >= 11 is 0. The summed E-state index contributed by atoms with van der Waals surface area (Å²) in [4.78, 5) is 17.1. The maximum atomic E-state index is 13.7. The highest BCUT2D eigenvalue weighted by molar-refractivity contribution is 5.76. The lowest BCUT2D eigenvalue weighted by molar-refractivity contribution is -0.132. The maximum Gasteiger partial charge on any atom is 0.223 e. The summed E-state index contributed by atoms with van der Waals surface area (Å²) in [6.07, 6.45) is 1.40. The fraction of sp³-hybridized carbons (Fsp3) is 0.407. The van der Waals surface area contributed by atoms with Crippen molar-refractivity contribution in [3.8, 4) is 5.69 Å². The lowest BCUT2D eigenvalue weighted by atomic mass is 10.0. The van der Waals surface area contributed by atoms with Crippen LogP contribution in [-0.4, -0.2) is 38.6 Å². The molecule has 1 aliphatic heterocycles. The van der Waals surface area contributed by atoms with E-state index in [9.17, 15) is 9.18 Å². The number of para-hydroxylation sites is 1. The Kier molecular flexibility index (Phi) is 7.23. The number of carbonyl (C=O) groups is 1. The van der Waals surface area contributed by atoms with E-state index in [4.69, 9.17) is 5.10 Å². The Labute approximate surface area is 195 Å². The predicted octanol–water partition coefficient (Wildman–Crippen LogP) is 4.96. The van der Waals surface area contributed by atoms with E-state index in [1.807, 2.05) is 40.8 Å². The fourth-order valence-corrected chi connectivity index (χ4v) is 4.52. The maximum absolute atomic E-state index is 13.7. The Morgan fingerprint density at radius 1 is 1.15 bits per heavy atom. The van der Waals surface area contributed by atoms with E-state index in [1.165, 1.54) is 17.3 Å². The molecular formula is C27H33FN4O. The first-order valence-electron chi connectivity index (χ1n) is 11.8. The topological polar surface area (TPSA) is 41.4 Å². The zero-order valence-corrected chi connectivity index (χ0v) is 19.8. The number of aromatic nitrogens is 2. The second-order valence-electron chi connectivity index (χ2n) is 9.22. The summed E-state index contributed by atoms with van der Waals surface area (Å²) in [5.41, 5.74) is 5.36. The minimum atomic E-state index is -0.204. The predicted molar refractivity (Wildman–Crippen MR) is 128 cm³/mol. The van der Waals surface area contributed by atoms with Crippen LogP contribution in [0.2, 0.25) is 0 Å². The third-order valence-electron chi connectivity index (χ3n) is 6.17. The molecule has 5 nitrogen and oxygen atoms in total. The van der Waals surface area contributed by atoms with Gasteiger partial charge in [-0.2, -0.15) is 5.10 Å². The van der Waals surface area contributed by atoms with Crippen LogP contribution in [0.15, 0.2) is 54.6 Å². The fourth-order valence-electron chi connectivity index (χ4n) is 4.52. The Morgan fingerprint density at radius 3 is 2.64 bits per heavy atom. The molecule has 0 radical (unpaired) electrons. The van der Waals surface area contributed by atoms with Gasteiger partial charge in [-0.25, -0.2) is 9.07 Å². The summed E-state index contributed by atoms with van der Waals surface area (Å²) in [7, 11) is 0. The van der Waals surface area contributed by atoms with Crippen molar-refractivity contribution in [1.82, 2.24) is 19.6 Å². The highest BCUT2D eigenvalue weighted by Crippen LogP contribution is 2.27. The van der Waals surface area contributed by atoms with Crippen LogP contribution in [0.25, 0.3) is 5.69 Å². The molecule has 2 aromatic carbocycles. The first-order chi connectivity index (χ1) is 15.9. The van der Waals surface area contributed by atoms with Gasteiger partial charge in [0.2, 0.25) is 5.91 Å². The van der Waals surface area contributed by atoms with Crippen molar-refractivity contribution in [1.29, 1.82) is 0 Å². The quantitative estimate of drug-likeness (QED) is 0.489. The number of hydrogen-bond acceptors (Lipinski definition) is 3. The molecule has 0 saturated carbocycles. The Balaban J connectivity index is 1.64. The second-order valence-corrected chi connectivity index (χ2v) is 9.22. The molecule has 3 aromatic rings. The van der Waals surface area contributed by atoms with Gasteiger partial charge in [-0.05, 0) is 42.7 Å². The molecule has 1 aromatic heterocycles. The van der Waals surface area contributed by atoms with Crippen molar-refractivity contribution in [2.75, 3.05) is 13.1 Å². The summed E-state index contributed by atoms with van der Waals surface area (Å²) in [6.45, 7) is 9.65. The number of amides is 1. The molecule has 6 heteroatoms. The van der Waals surface area contributed by atoms with Gasteiger partial charge in [0.1, 0.15) is 5.82 Å². The first kappa shape index (κ1) is 23.2. The molecule has 0 bridgehead atoms. The minimum absolute atomic E-state index is 0.169. The Morgan fingerprint density at radius 2 is 1.94 bits per heavy atom. The highest BCUT2D eigenvalue weighted by Gasteiger charge is 2.27. The molecule has 0 atom stereocenters. The lowest BCUT2D eigenvalue weighted by Gasteiger charge is -2.28. The van der Waals surface area contributed by atoms with Gasteiger partial charge in [0.15, 0.2) is 0 Å². The first-order valence-corrected chi connectivity index (χ1v) is 11.8. The number of nitrogens with zero attached hydrogens (tertiary/aromatic N) is 4. The van der Waals surface area contributed by atoms with E-state index in [0.717, 1.165) is 36.5 Å². The summed E-state index contributed by atoms with van der Waals surface area (Å²) in [5.74, 6) is 0.289. The van der Waals surface area contributed by atoms with Gasteiger partial charge < -0.3 is 4.90 Å². The normalized spacial score (nSPS) is 13.8. The SMILES string of the molecule is CCN(Cc1nn(-c2ccccc2)c2c1CN(Cc1cccc(F)c1)CC2)C(=O)CC(C)C. The largest absolute Gasteiger partial charge is 0.337 e. The standard InChI is InChI=1S/C27H33FN4O/c1-4-31(27(33)15-20(2)3)19-25-24-18-30(17-21-9-8-10-22(28)16-21)14-13-26(24)32(29-25)23-11-6-5-7-12-23/h5-12,16,20H,4,13-15,17-19H2,1-3H3. The lowest BCUT2D eigenvalue weighted by Crippen LogP contribution is -2.33. The van der Waals surface area contributed by atoms with Gasteiger partial charge in [-0.3, -0.25) is 9.69 Å². The number of fused-ring (bicyclic) bond motifs is 1. The molecule has 1 aliphatic rings. The number of hydrogen-bond donors (Lipinski definition) is 0. The van der Waals surface area contributed by atoms with E-state index >= 15 is 0 Å². The van der Waals surface area contributed by atoms with Crippen molar-refractivity contribution in [2.24, 2.45) is 5.92 Å². The van der Waals surface area contributed by atoms with Crippen molar-refractivity contribution in [3.05, 3.63) is 82.9 Å². The molecule has 0 unspecified atom stereocenters. The third kappa shape index (κ3) is 5.50. The van der Waals surface area contributed by atoms with Crippen LogP contribution in [0.4, 0.5) is 4.39 Å². The molecule has 0 spiro atoms. The van der Waals surface area contributed by atoms with Crippen molar-refractivity contribution in [2.45, 2.75) is 53.2 Å². The van der Waals surface area contributed by atoms with Crippen molar-refractivity contribution in [3.63, 3.8) is 0 Å². The van der Waals surface area contributed by atoms with E-state index in [-0.39, 0.29) is 11.7 Å². The highest BCUT2D eigenvalue weighted by atomic mass is 19.1. The van der Waals surface area contributed by atoms with E-state index < -0.39 is 0 Å². The van der Waals surface area contributed by atoms with E-state index in [1.54, 1.807) is 12.1 Å². The Bertz CT molecular complexity index is 1090. The molecule has 1 amide bonds. The number of rotatable bonds is 8. The van der Waals surface area contributed by atoms with Gasteiger partial charge in [0, 0.05) is 44.6 Å². The number of carbonyl (C=O) groups excluding carboxylic acids is 1. The van der Waals surface area contributed by atoms with E-state index in [0.29, 0.717) is 32.0 Å². The van der Waals surface area contributed by atoms with Gasteiger partial charge in [-0.1, -0.05) is 44.2 Å². The summed E-state index contributed by atoms with van der Waals surface area (Å²) in [5, 5.41) is 5.00. The van der Waals surface area contributed by atoms with E-state index in [2.05, 4.69) is 30.9 Å². The molecule has 0 fully saturated rings. The van der Waals surface area contributed by atoms with Crippen LogP contribution in [0.3, 0.4) is 0 Å². The van der Waals surface area contributed by atoms with Crippen LogP contribution in [-0.2, 0) is 30.8 Å². The number of halogens is 1. The third-order valence-corrected chi connectivity index (χ3v) is 6.17. The van der Waals surface area contributed by atoms with Crippen LogP contribution >= 0.6 is 0 Å². The molecule has 33 heavy (non-hydrogen) atoms. The molecular weight excluding hydrogens is 415 g/mol. The van der Waals surface area contributed by atoms with Gasteiger partial charge in [0.05, 0.1) is 23.6 Å². The van der Waals surface area contributed by atoms with Crippen molar-refractivity contribution >= 4 is 5.91 Å². The van der Waals surface area contributed by atoms with Gasteiger partial charge in [-0.15, -0.1) is 0 Å². The average Bonchev–Trinajstić information content (AvgIpc) is 3.15. The second kappa shape index (κ2) is 10.3. The molecule has 2 heterocycles. The molecule has 0 N–H and O–H groups in total. The zero-order valence-electron chi connectivity index (χ0n) is 19.8. The van der Waals surface area contributed by atoms with Crippen LogP contribution in [0, 0.1) is 11.7 Å². The van der Waals surface area contributed by atoms with Gasteiger partial charge >= 0.3 is 0 Å². The smallest absolute Gasteiger partial charge is 0.223 e. The zero-order chi connectivity index (χ0) is 23.4. The summed E-state index contributed by atoms with van der Waals surface area (Å²) < 4.78 is 15.7. The molecule has 4 rings (SSSR count). The number of benzene rings is 2. The summed E-state index contributed by atoms with van der Waals surface area (Å²) in [6, 6.07) is 17.0. The van der Waals surface area contributed by atoms with Crippen LogP contribution in [0.1, 0.15) is 49.7 Å². The average molecular weight is 449 g/mol. The Hall–Kier alpha value is -2.99. The molecule has 174 valence electrons. The van der Waals surface area contributed by atoms with Crippen LogP contribution in [0.5, 0.6) is 0 Å². The minimum Gasteiger partial charge on any atom is -0.337 e.